The highest BCUT2D eigenvalue weighted by atomic mass is 19.1. The lowest BCUT2D eigenvalue weighted by atomic mass is 10.1. The van der Waals surface area contributed by atoms with Gasteiger partial charge in [-0.15, -0.1) is 0 Å². The lowest BCUT2D eigenvalue weighted by molar-refractivity contribution is 0.0989. The molecular formula is C15H21FN2O. The Morgan fingerprint density at radius 2 is 2.21 bits per heavy atom. The highest BCUT2D eigenvalue weighted by Gasteiger charge is 2.22. The summed E-state index contributed by atoms with van der Waals surface area (Å²) in [4.78, 5) is 2.23. The molecule has 0 spiro atoms. The van der Waals surface area contributed by atoms with Crippen molar-refractivity contribution in [2.45, 2.75) is 38.4 Å². The van der Waals surface area contributed by atoms with E-state index in [4.69, 9.17) is 4.74 Å². The zero-order valence-corrected chi connectivity index (χ0v) is 11.4. The van der Waals surface area contributed by atoms with Gasteiger partial charge in [-0.2, -0.15) is 0 Å². The number of halogens is 1. The van der Waals surface area contributed by atoms with E-state index in [1.54, 1.807) is 12.1 Å². The summed E-state index contributed by atoms with van der Waals surface area (Å²) in [5.74, 6) is -0.149. The molecule has 1 aliphatic heterocycles. The maximum atomic E-state index is 13.8. The SMILES string of the molecule is CC1COCCN1c1cc(F)cc(CNC2CC2)c1. The van der Waals surface area contributed by atoms with Crippen molar-refractivity contribution in [3.05, 3.63) is 29.6 Å². The predicted octanol–water partition coefficient (Wildman–Crippen LogP) is 2.30. The van der Waals surface area contributed by atoms with E-state index in [1.807, 2.05) is 0 Å². The number of benzene rings is 1. The fourth-order valence-corrected chi connectivity index (χ4v) is 2.56. The van der Waals surface area contributed by atoms with Crippen LogP contribution in [0.4, 0.5) is 10.1 Å². The summed E-state index contributed by atoms with van der Waals surface area (Å²) in [5, 5.41) is 3.43. The summed E-state index contributed by atoms with van der Waals surface area (Å²) in [6, 6.07) is 6.31. The van der Waals surface area contributed by atoms with Crippen LogP contribution >= 0.6 is 0 Å². The van der Waals surface area contributed by atoms with E-state index in [1.165, 1.54) is 12.8 Å². The minimum absolute atomic E-state index is 0.149. The summed E-state index contributed by atoms with van der Waals surface area (Å²) in [7, 11) is 0. The molecule has 19 heavy (non-hydrogen) atoms. The van der Waals surface area contributed by atoms with E-state index in [2.05, 4.69) is 23.2 Å². The third-order valence-electron chi connectivity index (χ3n) is 3.81. The van der Waals surface area contributed by atoms with Crippen LogP contribution in [0, 0.1) is 5.82 Å². The Morgan fingerprint density at radius 3 is 2.95 bits per heavy atom. The maximum Gasteiger partial charge on any atom is 0.125 e. The number of anilines is 1. The summed E-state index contributed by atoms with van der Waals surface area (Å²) in [6.07, 6.45) is 2.51. The van der Waals surface area contributed by atoms with Gasteiger partial charge in [0.25, 0.3) is 0 Å². The Labute approximate surface area is 113 Å². The van der Waals surface area contributed by atoms with Gasteiger partial charge in [-0.1, -0.05) is 0 Å². The quantitative estimate of drug-likeness (QED) is 0.903. The summed E-state index contributed by atoms with van der Waals surface area (Å²) in [6.45, 7) is 5.14. The zero-order valence-electron chi connectivity index (χ0n) is 11.4. The molecule has 104 valence electrons. The van der Waals surface area contributed by atoms with Crippen molar-refractivity contribution in [1.82, 2.24) is 5.32 Å². The van der Waals surface area contributed by atoms with Crippen molar-refractivity contribution in [3.8, 4) is 0 Å². The molecule has 1 N–H and O–H groups in total. The molecule has 1 aliphatic carbocycles. The molecular weight excluding hydrogens is 243 g/mol. The monoisotopic (exact) mass is 264 g/mol. The van der Waals surface area contributed by atoms with Crippen molar-refractivity contribution in [3.63, 3.8) is 0 Å². The number of rotatable bonds is 4. The van der Waals surface area contributed by atoms with Crippen molar-refractivity contribution in [2.75, 3.05) is 24.7 Å². The van der Waals surface area contributed by atoms with Gasteiger partial charge in [0.15, 0.2) is 0 Å². The molecule has 1 aromatic carbocycles. The third-order valence-corrected chi connectivity index (χ3v) is 3.81. The summed E-state index contributed by atoms with van der Waals surface area (Å²) in [5.41, 5.74) is 2.00. The molecule has 3 rings (SSSR count). The second kappa shape index (κ2) is 5.47. The Bertz CT molecular complexity index is 448. The van der Waals surface area contributed by atoms with Gasteiger partial charge in [0.2, 0.25) is 0 Å². The van der Waals surface area contributed by atoms with E-state index in [0.29, 0.717) is 18.7 Å². The van der Waals surface area contributed by atoms with E-state index in [9.17, 15) is 4.39 Å². The molecule has 1 heterocycles. The Hall–Kier alpha value is -1.13. The highest BCUT2D eigenvalue weighted by molar-refractivity contribution is 5.50. The first-order valence-electron chi connectivity index (χ1n) is 7.09. The molecule has 2 aliphatic rings. The molecule has 1 saturated heterocycles. The van der Waals surface area contributed by atoms with Crippen molar-refractivity contribution >= 4 is 5.69 Å². The molecule has 1 atom stereocenters. The second-order valence-electron chi connectivity index (χ2n) is 5.59. The highest BCUT2D eigenvalue weighted by Crippen LogP contribution is 2.24. The molecule has 0 radical (unpaired) electrons. The lowest BCUT2D eigenvalue weighted by Crippen LogP contribution is -2.43. The van der Waals surface area contributed by atoms with Gasteiger partial charge in [-0.3, -0.25) is 0 Å². The number of hydrogen-bond donors (Lipinski definition) is 1. The van der Waals surface area contributed by atoms with E-state index < -0.39 is 0 Å². The number of nitrogens with one attached hydrogen (secondary N) is 1. The molecule has 3 nitrogen and oxygen atoms in total. The molecule has 0 bridgehead atoms. The fraction of sp³-hybridized carbons (Fsp3) is 0.600. The summed E-state index contributed by atoms with van der Waals surface area (Å²) < 4.78 is 19.2. The van der Waals surface area contributed by atoms with Crippen LogP contribution in [0.2, 0.25) is 0 Å². The zero-order chi connectivity index (χ0) is 13.2. The molecule has 1 saturated carbocycles. The minimum Gasteiger partial charge on any atom is -0.377 e. The smallest absolute Gasteiger partial charge is 0.125 e. The van der Waals surface area contributed by atoms with Gasteiger partial charge < -0.3 is 15.0 Å². The van der Waals surface area contributed by atoms with E-state index in [-0.39, 0.29) is 5.82 Å². The molecule has 2 fully saturated rings. The topological polar surface area (TPSA) is 24.5 Å². The minimum atomic E-state index is -0.149. The van der Waals surface area contributed by atoms with Gasteiger partial charge in [0.05, 0.1) is 13.2 Å². The summed E-state index contributed by atoms with van der Waals surface area (Å²) >= 11 is 0. The lowest BCUT2D eigenvalue weighted by Gasteiger charge is -2.35. The fourth-order valence-electron chi connectivity index (χ4n) is 2.56. The molecule has 4 heteroatoms. The first-order chi connectivity index (χ1) is 9.22. The largest absolute Gasteiger partial charge is 0.377 e. The Kier molecular flexibility index (Phi) is 3.71. The second-order valence-corrected chi connectivity index (χ2v) is 5.59. The predicted molar refractivity (Wildman–Crippen MR) is 73.9 cm³/mol. The van der Waals surface area contributed by atoms with E-state index >= 15 is 0 Å². The van der Waals surface area contributed by atoms with Crippen LogP contribution in [0.1, 0.15) is 25.3 Å². The standard InChI is InChI=1S/C15H21FN2O/c1-11-10-19-5-4-18(11)15-7-12(6-13(16)8-15)9-17-14-2-3-14/h6-8,11,14,17H,2-5,9-10H2,1H3. The van der Waals surface area contributed by atoms with Crippen molar-refractivity contribution in [2.24, 2.45) is 0 Å². The molecule has 0 aromatic heterocycles. The number of morpholine rings is 1. The van der Waals surface area contributed by atoms with Crippen LogP contribution in [0.15, 0.2) is 18.2 Å². The van der Waals surface area contributed by atoms with Gasteiger partial charge in [0, 0.05) is 30.9 Å². The van der Waals surface area contributed by atoms with Gasteiger partial charge >= 0.3 is 0 Å². The third kappa shape index (κ3) is 3.25. The van der Waals surface area contributed by atoms with Crippen LogP contribution in [-0.2, 0) is 11.3 Å². The first-order valence-corrected chi connectivity index (χ1v) is 7.09. The van der Waals surface area contributed by atoms with Crippen LogP contribution in [0.3, 0.4) is 0 Å². The van der Waals surface area contributed by atoms with Crippen LogP contribution < -0.4 is 10.2 Å². The van der Waals surface area contributed by atoms with Crippen LogP contribution in [0.25, 0.3) is 0 Å². The van der Waals surface area contributed by atoms with Gasteiger partial charge in [0.1, 0.15) is 5.82 Å². The number of ether oxygens (including phenoxy) is 1. The van der Waals surface area contributed by atoms with Crippen LogP contribution in [-0.4, -0.2) is 31.8 Å². The molecule has 0 amide bonds. The maximum absolute atomic E-state index is 13.8. The van der Waals surface area contributed by atoms with Crippen molar-refractivity contribution < 1.29 is 9.13 Å². The molecule has 1 unspecified atom stereocenters. The van der Waals surface area contributed by atoms with E-state index in [0.717, 1.165) is 30.9 Å². The first kappa shape index (κ1) is 12.9. The van der Waals surface area contributed by atoms with Gasteiger partial charge in [-0.05, 0) is 43.5 Å². The number of hydrogen-bond acceptors (Lipinski definition) is 3. The average molecular weight is 264 g/mol. The van der Waals surface area contributed by atoms with Gasteiger partial charge in [-0.25, -0.2) is 4.39 Å². The Balaban J connectivity index is 1.75. The normalized spacial score (nSPS) is 23.7. The molecule has 1 aromatic rings. The van der Waals surface area contributed by atoms with Crippen molar-refractivity contribution in [1.29, 1.82) is 0 Å². The Morgan fingerprint density at radius 1 is 1.37 bits per heavy atom. The van der Waals surface area contributed by atoms with Crippen LogP contribution in [0.5, 0.6) is 0 Å². The number of nitrogens with zero attached hydrogens (tertiary/aromatic N) is 1. The average Bonchev–Trinajstić information content (AvgIpc) is 3.20.